The van der Waals surface area contributed by atoms with Crippen LogP contribution in [0, 0.1) is 82.9 Å². The van der Waals surface area contributed by atoms with Crippen LogP contribution in [0.3, 0.4) is 0 Å². The van der Waals surface area contributed by atoms with Crippen molar-refractivity contribution in [3.05, 3.63) is 376 Å². The van der Waals surface area contributed by atoms with Gasteiger partial charge < -0.3 is 0 Å². The summed E-state index contributed by atoms with van der Waals surface area (Å²) in [5.41, 5.74) is 33.7. The molecule has 6 heterocycles. The lowest BCUT2D eigenvalue weighted by Crippen LogP contribution is -2.32. The van der Waals surface area contributed by atoms with Crippen LogP contribution < -0.4 is 27.4 Å². The summed E-state index contributed by atoms with van der Waals surface area (Å²) < 4.78 is 63.6. The second-order valence-electron chi connectivity index (χ2n) is 32.1. The van der Waals surface area contributed by atoms with Gasteiger partial charge in [-0.05, 0) is 224 Å². The molecule has 0 atom stereocenters. The Morgan fingerprint density at radius 3 is 1.03 bits per heavy atom. The smallest absolute Gasteiger partial charge is 0.233 e. The molecule has 17 rings (SSSR count). The van der Waals surface area contributed by atoms with Gasteiger partial charge in [0.15, 0.2) is 0 Å². The molecule has 0 unspecified atom stereocenters. The summed E-state index contributed by atoms with van der Waals surface area (Å²) in [4.78, 5) is 0. The van der Waals surface area contributed by atoms with Gasteiger partial charge in [0.05, 0.1) is 32.3 Å². The maximum atomic E-state index is 7.78. The first-order chi connectivity index (χ1) is 58.5. The van der Waals surface area contributed by atoms with Gasteiger partial charge in [-0.15, -0.1) is 0 Å². The molecule has 0 aliphatic heterocycles. The Labute approximate surface area is 705 Å². The fourth-order valence-electron chi connectivity index (χ4n) is 16.3. The van der Waals surface area contributed by atoms with E-state index in [1.165, 1.54) is 134 Å². The molecule has 117 heavy (non-hydrogen) atoms. The summed E-state index contributed by atoms with van der Waals surface area (Å²) >= 11 is 0. The summed E-state index contributed by atoms with van der Waals surface area (Å²) in [6.45, 7) is 25.9. The molecule has 6 aromatic heterocycles. The number of aryl methyl sites for hydroxylation is 17. The van der Waals surface area contributed by atoms with E-state index in [0.29, 0.717) is 23.0 Å². The molecule has 0 amide bonds. The summed E-state index contributed by atoms with van der Waals surface area (Å²) in [7, 11) is 14.6. The molecule has 8 nitrogen and oxygen atoms in total. The second-order valence-corrected chi connectivity index (χ2v) is 32.1. The van der Waals surface area contributed by atoms with Gasteiger partial charge in [0, 0.05) is 112 Å². The van der Waals surface area contributed by atoms with Gasteiger partial charge in [-0.1, -0.05) is 189 Å². The Hall–Kier alpha value is -12.5. The first-order valence-corrected chi connectivity index (χ1v) is 40.8. The first-order valence-electron chi connectivity index (χ1n) is 43.8. The average Bonchev–Trinajstić information content (AvgIpc) is 1.70. The number of hydrogen-bond acceptors (Lipinski definition) is 0. The highest BCUT2D eigenvalue weighted by atomic mass is 15.1. The molecule has 17 aromatic rings. The first kappa shape index (κ1) is 75.8. The van der Waals surface area contributed by atoms with Crippen LogP contribution in [0.1, 0.15) is 126 Å². The lowest BCUT2D eigenvalue weighted by atomic mass is 9.92. The molecule has 590 valence electrons. The molecule has 0 spiro atoms. The number of para-hydroxylation sites is 5. The van der Waals surface area contributed by atoms with Gasteiger partial charge in [0.25, 0.3) is 11.6 Å². The van der Waals surface area contributed by atoms with Crippen LogP contribution in [0.5, 0.6) is 0 Å². The van der Waals surface area contributed by atoms with Crippen LogP contribution in [-0.4, -0.2) is 9.13 Å². The quantitative estimate of drug-likeness (QED) is 0.129. The summed E-state index contributed by atoms with van der Waals surface area (Å²) in [5, 5.41) is 4.91. The predicted octanol–water partition coefficient (Wildman–Crippen LogP) is 23.8. The summed E-state index contributed by atoms with van der Waals surface area (Å²) in [6, 6.07) is 94.8. The maximum absolute atomic E-state index is 7.78. The molecule has 0 N–H and O–H groups in total. The average molecular weight is 1550 g/mol. The normalized spacial score (nSPS) is 12.0. The van der Waals surface area contributed by atoms with Gasteiger partial charge in [-0.3, -0.25) is 0 Å². The molecule has 8 heteroatoms. The zero-order valence-corrected chi connectivity index (χ0v) is 72.5. The van der Waals surface area contributed by atoms with E-state index in [1.54, 1.807) is 18.2 Å². The lowest BCUT2D eigenvalue weighted by Gasteiger charge is -2.18. The van der Waals surface area contributed by atoms with Crippen molar-refractivity contribution in [1.82, 2.24) is 9.13 Å². The minimum absolute atomic E-state index is 0.386. The van der Waals surface area contributed by atoms with Crippen molar-refractivity contribution in [3.63, 3.8) is 0 Å². The van der Waals surface area contributed by atoms with Crippen LogP contribution in [0.15, 0.2) is 298 Å². The largest absolute Gasteiger partial charge is 0.294 e. The van der Waals surface area contributed by atoms with Crippen LogP contribution in [0.25, 0.3) is 117 Å². The van der Waals surface area contributed by atoms with Gasteiger partial charge in [0.2, 0.25) is 44.8 Å². The van der Waals surface area contributed by atoms with Crippen molar-refractivity contribution in [2.45, 2.75) is 122 Å². The third-order valence-corrected chi connectivity index (χ3v) is 22.9. The molecule has 0 radical (unpaired) electrons. The predicted molar refractivity (Wildman–Crippen MR) is 492 cm³/mol. The molecule has 0 saturated heterocycles. The number of pyridine rings is 4. The van der Waals surface area contributed by atoms with Crippen molar-refractivity contribution < 1.29 is 35.6 Å². The molecular weight excluding hydrogens is 1420 g/mol. The molecule has 0 aliphatic rings. The molecular formula is C109H120N8+6. The van der Waals surface area contributed by atoms with Crippen LogP contribution >= 0.6 is 0 Å². The molecule has 0 bridgehead atoms. The van der Waals surface area contributed by atoms with Crippen LogP contribution in [0.4, 0.5) is 0 Å². The second kappa shape index (κ2) is 37.0. The summed E-state index contributed by atoms with van der Waals surface area (Å²) in [5.74, 6) is 3.42. The van der Waals surface area contributed by atoms with Crippen LogP contribution in [0.2, 0.25) is 0 Å². The van der Waals surface area contributed by atoms with E-state index >= 15 is 0 Å². The van der Waals surface area contributed by atoms with Gasteiger partial charge >= 0.3 is 0 Å². The maximum Gasteiger partial charge on any atom is 0.294 e. The molecule has 0 aliphatic carbocycles. The number of aromatic nitrogens is 8. The Morgan fingerprint density at radius 2 is 0.632 bits per heavy atom. The Kier molecular flexibility index (Phi) is 23.9. The standard InChI is InChI=1S/C23H29N2.2C19H20N.2C18H18N.C12H15N2/c1-16(2)19-12-9-13-20(17(3)4)22(19)25-15-14-24(6)23(25)21-11-8-7-10-18(21)5;2*1-13-11-14(2)15(3)17(12-13)19-10-9-16-7-5-6-8-18(16)20(19)4;2*1-13-8-10-16(14(2)12-13)18-11-9-15-6-4-5-7-17(15)19(18)3;1-10-6-4-5-7-11(10)12-13(2)8-9-14(12)3/h7-17H,1-6H3;2*5-12H,1-4H3;2*4-12H,1-3H3;4-9H,1-3H3/q6*+1/i;2D3;;1D3;;. The highest BCUT2D eigenvalue weighted by Gasteiger charge is 2.28. The Morgan fingerprint density at radius 1 is 0.282 bits per heavy atom. The van der Waals surface area contributed by atoms with Gasteiger partial charge in [-0.2, -0.15) is 22.8 Å². The third kappa shape index (κ3) is 18.6. The van der Waals surface area contributed by atoms with E-state index in [1.807, 2.05) is 65.2 Å². The Balaban J connectivity index is 0.000000136. The van der Waals surface area contributed by atoms with Gasteiger partial charge in [-0.25, -0.2) is 13.7 Å². The number of rotatable bonds is 9. The molecule has 0 saturated carbocycles. The van der Waals surface area contributed by atoms with Crippen molar-refractivity contribution in [3.8, 4) is 73.5 Å². The van der Waals surface area contributed by atoms with E-state index in [0.717, 1.165) is 50.2 Å². The van der Waals surface area contributed by atoms with E-state index in [9.17, 15) is 0 Å². The van der Waals surface area contributed by atoms with Crippen molar-refractivity contribution in [2.24, 2.45) is 49.3 Å². The van der Waals surface area contributed by atoms with E-state index in [-0.39, 0.29) is 0 Å². The monoisotopic (exact) mass is 1550 g/mol. The van der Waals surface area contributed by atoms with E-state index in [2.05, 4.69) is 397 Å². The Bertz CT molecular complexity index is 6670. The molecule has 0 fully saturated rings. The van der Waals surface area contributed by atoms with Crippen molar-refractivity contribution >= 4 is 43.6 Å². The minimum atomic E-state index is -2.10. The summed E-state index contributed by atoms with van der Waals surface area (Å²) in [6.07, 6.45) is 8.50. The SMILES string of the molecule is Cc1cc(C)c(C)c(-c2ccc3ccccc3[n+]2C)c1.Cc1ccc(-c2ccc3ccccc3[n+]2C)c(C)c1.Cc1ccccc1-c1n(-c2c(C(C)C)cccc2C(C)C)cc[n+]1C.Cc1ccccc1-c1n(C)cc[n+]1C.[2H]C([2H])([2H])c1cc(C)cc(-c2ccc3ccccc3[n+]2C)c1C.[2H]C([2H])([2H])c1ccc(-c2ccc3ccccc3[n+]2C)c(C)c1. The fourth-order valence-corrected chi connectivity index (χ4v) is 16.3. The number of nitrogens with zero attached hydrogens (tertiary/aromatic N) is 8. The highest BCUT2D eigenvalue weighted by Crippen LogP contribution is 2.36. The number of hydrogen-bond donors (Lipinski definition) is 0. The topological polar surface area (TPSA) is 33.1 Å². The van der Waals surface area contributed by atoms with E-state index in [4.69, 9.17) is 8.22 Å². The van der Waals surface area contributed by atoms with Crippen molar-refractivity contribution in [1.29, 1.82) is 0 Å². The lowest BCUT2D eigenvalue weighted by molar-refractivity contribution is -0.659. The third-order valence-electron chi connectivity index (χ3n) is 22.9. The minimum Gasteiger partial charge on any atom is -0.233 e. The molecule has 11 aromatic carbocycles. The number of imidazole rings is 2. The zero-order chi connectivity index (χ0) is 88.6. The fraction of sp³-hybridized carbons (Fsp3) is 0.229. The highest BCUT2D eigenvalue weighted by molar-refractivity contribution is 5.82. The zero-order valence-electron chi connectivity index (χ0n) is 78.5. The number of benzene rings is 11. The van der Waals surface area contributed by atoms with E-state index < -0.39 is 13.7 Å². The van der Waals surface area contributed by atoms with Crippen LogP contribution in [-0.2, 0) is 49.3 Å². The van der Waals surface area contributed by atoms with Gasteiger partial charge in [0.1, 0.15) is 58.7 Å². The van der Waals surface area contributed by atoms with Crippen molar-refractivity contribution in [2.75, 3.05) is 0 Å². The number of fused-ring (bicyclic) bond motifs is 4.